The molecule has 1 saturated heterocycles. The van der Waals surface area contributed by atoms with Gasteiger partial charge in [-0.05, 0) is 38.0 Å². The molecule has 7 heteroatoms. The van der Waals surface area contributed by atoms with Crippen molar-refractivity contribution in [2.24, 2.45) is 5.92 Å². The van der Waals surface area contributed by atoms with E-state index in [1.165, 1.54) is 16.4 Å². The van der Waals surface area contributed by atoms with Crippen molar-refractivity contribution in [1.29, 1.82) is 0 Å². The Morgan fingerprint density at radius 3 is 2.62 bits per heavy atom. The Morgan fingerprint density at radius 2 is 2.05 bits per heavy atom. The van der Waals surface area contributed by atoms with Crippen LogP contribution in [0.1, 0.15) is 19.8 Å². The average Bonchev–Trinajstić information content (AvgIpc) is 2.47. The monoisotopic (exact) mass is 330 g/mol. The SMILES string of the molecule is CCNC(=O)C1CCN(S(=O)(=O)c2cccc(Cl)c2)CC1. The van der Waals surface area contributed by atoms with Crippen molar-refractivity contribution in [1.82, 2.24) is 9.62 Å². The number of piperidine rings is 1. The summed E-state index contributed by atoms with van der Waals surface area (Å²) in [6, 6.07) is 6.25. The Balaban J connectivity index is 2.06. The van der Waals surface area contributed by atoms with E-state index in [4.69, 9.17) is 11.6 Å². The number of hydrogen-bond donors (Lipinski definition) is 1. The molecule has 1 aromatic rings. The molecule has 0 aliphatic carbocycles. The van der Waals surface area contributed by atoms with E-state index in [-0.39, 0.29) is 16.7 Å². The Morgan fingerprint density at radius 1 is 1.38 bits per heavy atom. The lowest BCUT2D eigenvalue weighted by molar-refractivity contribution is -0.126. The molecule has 2 rings (SSSR count). The van der Waals surface area contributed by atoms with Gasteiger partial charge in [0.25, 0.3) is 0 Å². The number of hydrogen-bond acceptors (Lipinski definition) is 3. The number of benzene rings is 1. The number of nitrogens with zero attached hydrogens (tertiary/aromatic N) is 1. The van der Waals surface area contributed by atoms with Crippen molar-refractivity contribution in [3.05, 3.63) is 29.3 Å². The first-order valence-electron chi connectivity index (χ1n) is 6.98. The van der Waals surface area contributed by atoms with Gasteiger partial charge in [-0.1, -0.05) is 17.7 Å². The van der Waals surface area contributed by atoms with Crippen LogP contribution >= 0.6 is 11.6 Å². The fraction of sp³-hybridized carbons (Fsp3) is 0.500. The third-order valence-corrected chi connectivity index (χ3v) is 5.74. The lowest BCUT2D eigenvalue weighted by Crippen LogP contribution is -2.42. The number of rotatable bonds is 4. The van der Waals surface area contributed by atoms with Crippen LogP contribution in [0.5, 0.6) is 0 Å². The van der Waals surface area contributed by atoms with E-state index in [2.05, 4.69) is 5.32 Å². The molecule has 0 bridgehead atoms. The maximum atomic E-state index is 12.5. The van der Waals surface area contributed by atoms with Crippen LogP contribution in [0.4, 0.5) is 0 Å². The number of carbonyl (C=O) groups is 1. The molecule has 116 valence electrons. The van der Waals surface area contributed by atoms with E-state index in [9.17, 15) is 13.2 Å². The summed E-state index contributed by atoms with van der Waals surface area (Å²) >= 11 is 5.85. The second-order valence-corrected chi connectivity index (χ2v) is 7.40. The van der Waals surface area contributed by atoms with Crippen LogP contribution in [-0.2, 0) is 14.8 Å². The van der Waals surface area contributed by atoms with Crippen molar-refractivity contribution >= 4 is 27.5 Å². The second-order valence-electron chi connectivity index (χ2n) is 5.03. The van der Waals surface area contributed by atoms with Gasteiger partial charge in [0.2, 0.25) is 15.9 Å². The van der Waals surface area contributed by atoms with Crippen LogP contribution in [0.3, 0.4) is 0 Å². The summed E-state index contributed by atoms with van der Waals surface area (Å²) in [5, 5.41) is 3.18. The first-order valence-corrected chi connectivity index (χ1v) is 8.80. The van der Waals surface area contributed by atoms with Gasteiger partial charge in [-0.3, -0.25) is 4.79 Å². The highest BCUT2D eigenvalue weighted by Crippen LogP contribution is 2.25. The maximum Gasteiger partial charge on any atom is 0.243 e. The highest BCUT2D eigenvalue weighted by Gasteiger charge is 2.31. The molecule has 1 N–H and O–H groups in total. The molecule has 1 fully saturated rings. The molecule has 1 heterocycles. The Labute approximate surface area is 130 Å². The van der Waals surface area contributed by atoms with Gasteiger partial charge >= 0.3 is 0 Å². The summed E-state index contributed by atoms with van der Waals surface area (Å²) in [6.07, 6.45) is 1.09. The summed E-state index contributed by atoms with van der Waals surface area (Å²) in [6.45, 7) is 3.18. The number of amides is 1. The third kappa shape index (κ3) is 3.75. The first-order chi connectivity index (χ1) is 9.95. The van der Waals surface area contributed by atoms with Crippen LogP contribution < -0.4 is 5.32 Å². The Bertz CT molecular complexity index is 610. The van der Waals surface area contributed by atoms with E-state index < -0.39 is 10.0 Å². The molecule has 1 aromatic carbocycles. The van der Waals surface area contributed by atoms with Crippen LogP contribution in [-0.4, -0.2) is 38.3 Å². The smallest absolute Gasteiger partial charge is 0.243 e. The summed E-state index contributed by atoms with van der Waals surface area (Å²) in [5.74, 6) is -0.0898. The molecular formula is C14H19ClN2O3S. The van der Waals surface area contributed by atoms with Crippen LogP contribution in [0.2, 0.25) is 5.02 Å². The molecule has 1 aliphatic heterocycles. The minimum absolute atomic E-state index is 0.0114. The molecule has 0 spiro atoms. The Hall–Kier alpha value is -1.11. The lowest BCUT2D eigenvalue weighted by Gasteiger charge is -2.30. The van der Waals surface area contributed by atoms with Gasteiger partial charge in [-0.15, -0.1) is 0 Å². The molecule has 0 aromatic heterocycles. The standard InChI is InChI=1S/C14H19ClN2O3S/c1-2-16-14(18)11-6-8-17(9-7-11)21(19,20)13-5-3-4-12(15)10-13/h3-5,10-11H,2,6-9H2,1H3,(H,16,18). The topological polar surface area (TPSA) is 66.5 Å². The molecule has 0 saturated carbocycles. The lowest BCUT2D eigenvalue weighted by atomic mass is 9.97. The van der Waals surface area contributed by atoms with Crippen molar-refractivity contribution in [3.8, 4) is 0 Å². The van der Waals surface area contributed by atoms with Gasteiger partial charge in [-0.2, -0.15) is 4.31 Å². The van der Waals surface area contributed by atoms with E-state index >= 15 is 0 Å². The van der Waals surface area contributed by atoms with Crippen molar-refractivity contribution < 1.29 is 13.2 Å². The predicted molar refractivity (Wildman–Crippen MR) is 81.6 cm³/mol. The zero-order valence-corrected chi connectivity index (χ0v) is 13.5. The summed E-state index contributed by atoms with van der Waals surface area (Å²) in [7, 11) is -3.53. The fourth-order valence-electron chi connectivity index (χ4n) is 2.45. The summed E-state index contributed by atoms with van der Waals surface area (Å²) in [4.78, 5) is 12.0. The zero-order valence-electron chi connectivity index (χ0n) is 11.9. The van der Waals surface area contributed by atoms with Crippen molar-refractivity contribution in [2.75, 3.05) is 19.6 Å². The summed E-state index contributed by atoms with van der Waals surface area (Å²) < 4.78 is 26.4. The zero-order chi connectivity index (χ0) is 15.5. The van der Waals surface area contributed by atoms with Gasteiger partial charge in [-0.25, -0.2) is 8.42 Å². The van der Waals surface area contributed by atoms with Gasteiger partial charge < -0.3 is 5.32 Å². The van der Waals surface area contributed by atoms with Gasteiger partial charge in [0, 0.05) is 30.6 Å². The number of nitrogens with one attached hydrogen (secondary N) is 1. The van der Waals surface area contributed by atoms with E-state index in [0.717, 1.165) is 0 Å². The molecular weight excluding hydrogens is 312 g/mol. The molecule has 5 nitrogen and oxygen atoms in total. The van der Waals surface area contributed by atoms with Crippen LogP contribution in [0.15, 0.2) is 29.2 Å². The maximum absolute atomic E-state index is 12.5. The van der Waals surface area contributed by atoms with Crippen molar-refractivity contribution in [3.63, 3.8) is 0 Å². The van der Waals surface area contributed by atoms with E-state index in [0.29, 0.717) is 37.5 Å². The van der Waals surface area contributed by atoms with E-state index in [1.807, 2.05) is 6.92 Å². The predicted octanol–water partition coefficient (Wildman–Crippen LogP) is 1.88. The number of carbonyl (C=O) groups excluding carboxylic acids is 1. The quantitative estimate of drug-likeness (QED) is 0.916. The molecule has 0 unspecified atom stereocenters. The van der Waals surface area contributed by atoms with Crippen molar-refractivity contribution in [2.45, 2.75) is 24.7 Å². The minimum Gasteiger partial charge on any atom is -0.356 e. The normalized spacial score (nSPS) is 17.6. The largest absolute Gasteiger partial charge is 0.356 e. The van der Waals surface area contributed by atoms with Crippen LogP contribution in [0, 0.1) is 5.92 Å². The van der Waals surface area contributed by atoms with Gasteiger partial charge in [0.05, 0.1) is 4.90 Å². The van der Waals surface area contributed by atoms with E-state index in [1.54, 1.807) is 12.1 Å². The van der Waals surface area contributed by atoms with Gasteiger partial charge in [0.15, 0.2) is 0 Å². The third-order valence-electron chi connectivity index (χ3n) is 3.61. The molecule has 1 aliphatic rings. The molecule has 1 amide bonds. The molecule has 0 atom stereocenters. The Kier molecular flexibility index (Phi) is 5.24. The highest BCUT2D eigenvalue weighted by molar-refractivity contribution is 7.89. The fourth-order valence-corrected chi connectivity index (χ4v) is 4.22. The highest BCUT2D eigenvalue weighted by atomic mass is 35.5. The number of halogens is 1. The molecule has 0 radical (unpaired) electrons. The van der Waals surface area contributed by atoms with Gasteiger partial charge in [0.1, 0.15) is 0 Å². The second kappa shape index (κ2) is 6.77. The molecule has 21 heavy (non-hydrogen) atoms. The first kappa shape index (κ1) is 16.3. The summed E-state index contributed by atoms with van der Waals surface area (Å²) in [5.41, 5.74) is 0. The minimum atomic E-state index is -3.53. The van der Waals surface area contributed by atoms with Crippen LogP contribution in [0.25, 0.3) is 0 Å². The average molecular weight is 331 g/mol. The number of sulfonamides is 1.